The molecule has 0 aliphatic heterocycles. The topological polar surface area (TPSA) is 87.7 Å². The summed E-state index contributed by atoms with van der Waals surface area (Å²) in [6, 6.07) is 8.08. The Kier molecular flexibility index (Phi) is 9.38. The van der Waals surface area contributed by atoms with Crippen molar-refractivity contribution >= 4 is 29.1 Å². The Hall–Kier alpha value is -2.78. The Morgan fingerprint density at radius 3 is 2.52 bits per heavy atom. The maximum atomic E-state index is 13.6. The fourth-order valence-electron chi connectivity index (χ4n) is 3.98. The summed E-state index contributed by atoms with van der Waals surface area (Å²) in [4.78, 5) is 40.8. The smallest absolute Gasteiger partial charge is 0.261 e. The molecule has 178 valence electrons. The van der Waals surface area contributed by atoms with Gasteiger partial charge in [-0.05, 0) is 42.0 Å². The number of hydrogen-bond donors (Lipinski definition) is 2. The van der Waals surface area contributed by atoms with E-state index < -0.39 is 17.8 Å². The van der Waals surface area contributed by atoms with Crippen molar-refractivity contribution < 1.29 is 23.5 Å². The van der Waals surface area contributed by atoms with Crippen LogP contribution in [0.3, 0.4) is 0 Å². The number of halogens is 1. The summed E-state index contributed by atoms with van der Waals surface area (Å²) in [5, 5.41) is 7.48. The lowest BCUT2D eigenvalue weighted by atomic mass is 9.94. The van der Waals surface area contributed by atoms with Crippen molar-refractivity contribution in [3.05, 3.63) is 58.0 Å². The van der Waals surface area contributed by atoms with E-state index in [0.29, 0.717) is 10.4 Å². The maximum absolute atomic E-state index is 13.6. The molecule has 0 radical (unpaired) electrons. The zero-order valence-electron chi connectivity index (χ0n) is 18.7. The Morgan fingerprint density at radius 2 is 1.88 bits per heavy atom. The molecule has 0 unspecified atom stereocenters. The molecule has 1 aliphatic rings. The van der Waals surface area contributed by atoms with E-state index in [4.69, 9.17) is 4.74 Å². The number of thiophene rings is 1. The molecule has 1 saturated carbocycles. The number of methoxy groups -OCH3 is 1. The molecule has 1 fully saturated rings. The van der Waals surface area contributed by atoms with E-state index in [1.165, 1.54) is 47.6 Å². The highest BCUT2D eigenvalue weighted by Crippen LogP contribution is 2.24. The third kappa shape index (κ3) is 7.10. The second kappa shape index (κ2) is 12.5. The molecule has 7 nitrogen and oxygen atoms in total. The van der Waals surface area contributed by atoms with Crippen LogP contribution in [0.2, 0.25) is 0 Å². The molecular weight excluding hydrogens is 445 g/mol. The maximum Gasteiger partial charge on any atom is 0.261 e. The number of nitrogens with one attached hydrogen (secondary N) is 2. The molecule has 3 rings (SSSR count). The van der Waals surface area contributed by atoms with E-state index in [9.17, 15) is 18.8 Å². The van der Waals surface area contributed by atoms with Crippen molar-refractivity contribution in [3.8, 4) is 0 Å². The first-order valence-electron chi connectivity index (χ1n) is 11.2. The van der Waals surface area contributed by atoms with Crippen molar-refractivity contribution in [2.75, 3.05) is 26.8 Å². The number of carbonyl (C=O) groups is 3. The first-order chi connectivity index (χ1) is 16.0. The van der Waals surface area contributed by atoms with Crippen molar-refractivity contribution in [2.45, 2.75) is 44.2 Å². The summed E-state index contributed by atoms with van der Waals surface area (Å²) in [7, 11) is 1.51. The SMILES string of the molecule is COCCN(C(=O)CNC(=O)c1cccs1)[C@@H](C(=O)NC1CCCCC1)c1ccc(F)cc1. The van der Waals surface area contributed by atoms with Crippen molar-refractivity contribution in [1.82, 2.24) is 15.5 Å². The molecule has 3 amide bonds. The Bertz CT molecular complexity index is 914. The number of hydrogen-bond acceptors (Lipinski definition) is 5. The van der Waals surface area contributed by atoms with Gasteiger partial charge in [0.2, 0.25) is 11.8 Å². The second-order valence-corrected chi connectivity index (χ2v) is 8.99. The zero-order chi connectivity index (χ0) is 23.6. The molecule has 1 atom stereocenters. The summed E-state index contributed by atoms with van der Waals surface area (Å²) in [5.41, 5.74) is 0.499. The lowest BCUT2D eigenvalue weighted by molar-refractivity contribution is -0.141. The molecule has 0 bridgehead atoms. The fourth-order valence-corrected chi connectivity index (χ4v) is 4.62. The highest BCUT2D eigenvalue weighted by molar-refractivity contribution is 7.12. The van der Waals surface area contributed by atoms with Crippen LogP contribution in [0.1, 0.15) is 53.4 Å². The van der Waals surface area contributed by atoms with Gasteiger partial charge in [-0.2, -0.15) is 0 Å². The molecule has 1 aliphatic carbocycles. The van der Waals surface area contributed by atoms with Gasteiger partial charge in [0.15, 0.2) is 0 Å². The monoisotopic (exact) mass is 475 g/mol. The normalized spacial score (nSPS) is 15.0. The number of benzene rings is 1. The molecule has 1 aromatic carbocycles. The quantitative estimate of drug-likeness (QED) is 0.552. The lowest BCUT2D eigenvalue weighted by Gasteiger charge is -2.33. The molecule has 0 saturated heterocycles. The van der Waals surface area contributed by atoms with E-state index >= 15 is 0 Å². The van der Waals surface area contributed by atoms with Crippen LogP contribution in [0, 0.1) is 5.82 Å². The van der Waals surface area contributed by atoms with E-state index in [1.807, 2.05) is 0 Å². The van der Waals surface area contributed by atoms with E-state index in [-0.39, 0.29) is 37.6 Å². The molecule has 9 heteroatoms. The summed E-state index contributed by atoms with van der Waals surface area (Å²) < 4.78 is 18.8. The molecule has 1 aromatic heterocycles. The van der Waals surface area contributed by atoms with Gasteiger partial charge in [0.25, 0.3) is 5.91 Å². The van der Waals surface area contributed by atoms with Crippen LogP contribution in [0.5, 0.6) is 0 Å². The largest absolute Gasteiger partial charge is 0.383 e. The van der Waals surface area contributed by atoms with E-state index in [1.54, 1.807) is 17.5 Å². The molecule has 2 N–H and O–H groups in total. The molecule has 33 heavy (non-hydrogen) atoms. The van der Waals surface area contributed by atoms with Crippen LogP contribution in [-0.4, -0.2) is 55.5 Å². The highest BCUT2D eigenvalue weighted by Gasteiger charge is 2.33. The lowest BCUT2D eigenvalue weighted by Crippen LogP contribution is -2.50. The van der Waals surface area contributed by atoms with Gasteiger partial charge in [-0.3, -0.25) is 14.4 Å². The van der Waals surface area contributed by atoms with Crippen molar-refractivity contribution in [3.63, 3.8) is 0 Å². The molecule has 1 heterocycles. The summed E-state index contributed by atoms with van der Waals surface area (Å²) >= 11 is 1.28. The number of carbonyl (C=O) groups excluding carboxylic acids is 3. The number of amides is 3. The Morgan fingerprint density at radius 1 is 1.15 bits per heavy atom. The molecular formula is C24H30FN3O4S. The Labute approximate surface area is 197 Å². The van der Waals surface area contributed by atoms with Gasteiger partial charge in [0.05, 0.1) is 18.0 Å². The third-order valence-corrected chi connectivity index (χ3v) is 6.57. The average molecular weight is 476 g/mol. The predicted octanol–water partition coefficient (Wildman–Crippen LogP) is 3.28. The fraction of sp³-hybridized carbons (Fsp3) is 0.458. The van der Waals surface area contributed by atoms with Crippen molar-refractivity contribution in [2.24, 2.45) is 0 Å². The standard InChI is InChI=1S/C24H30FN3O4S/c1-32-14-13-28(21(29)16-26-23(30)20-8-5-15-33-20)22(17-9-11-18(25)12-10-17)24(31)27-19-6-3-2-4-7-19/h5,8-12,15,19,22H,2-4,6-7,13-14,16H2,1H3,(H,26,30)(H,27,31)/t22-/m1/s1. The summed E-state index contributed by atoms with van der Waals surface area (Å²) in [6.45, 7) is 0.0815. The third-order valence-electron chi connectivity index (χ3n) is 5.70. The van der Waals surface area contributed by atoms with Crippen LogP contribution >= 0.6 is 11.3 Å². The van der Waals surface area contributed by atoms with Gasteiger partial charge in [-0.15, -0.1) is 11.3 Å². The van der Waals surface area contributed by atoms with Gasteiger partial charge in [0, 0.05) is 19.7 Å². The first kappa shape index (κ1) is 24.9. The number of nitrogens with zero attached hydrogens (tertiary/aromatic N) is 1. The zero-order valence-corrected chi connectivity index (χ0v) is 19.5. The first-order valence-corrected chi connectivity index (χ1v) is 12.0. The van der Waals surface area contributed by atoms with Crippen LogP contribution < -0.4 is 10.6 Å². The van der Waals surface area contributed by atoms with Gasteiger partial charge >= 0.3 is 0 Å². The molecule has 2 aromatic rings. The van der Waals surface area contributed by atoms with Gasteiger partial charge in [-0.25, -0.2) is 4.39 Å². The van der Waals surface area contributed by atoms with Crippen LogP contribution in [0.25, 0.3) is 0 Å². The molecule has 0 spiro atoms. The second-order valence-electron chi connectivity index (χ2n) is 8.04. The Balaban J connectivity index is 1.81. The van der Waals surface area contributed by atoms with Crippen LogP contribution in [0.4, 0.5) is 4.39 Å². The summed E-state index contributed by atoms with van der Waals surface area (Å²) in [6.07, 6.45) is 5.03. The van der Waals surface area contributed by atoms with Gasteiger partial charge in [-0.1, -0.05) is 37.5 Å². The number of ether oxygens (including phenoxy) is 1. The van der Waals surface area contributed by atoms with Gasteiger partial charge in [0.1, 0.15) is 11.9 Å². The minimum Gasteiger partial charge on any atom is -0.383 e. The number of rotatable bonds is 10. The van der Waals surface area contributed by atoms with Crippen molar-refractivity contribution in [1.29, 1.82) is 0 Å². The van der Waals surface area contributed by atoms with Crippen LogP contribution in [0.15, 0.2) is 41.8 Å². The van der Waals surface area contributed by atoms with Gasteiger partial charge < -0.3 is 20.3 Å². The minimum absolute atomic E-state index is 0.0482. The van der Waals surface area contributed by atoms with E-state index in [2.05, 4.69) is 10.6 Å². The predicted molar refractivity (Wildman–Crippen MR) is 124 cm³/mol. The van der Waals surface area contributed by atoms with E-state index in [0.717, 1.165) is 32.1 Å². The highest BCUT2D eigenvalue weighted by atomic mass is 32.1. The summed E-state index contributed by atoms with van der Waals surface area (Å²) in [5.74, 6) is -1.52. The minimum atomic E-state index is -0.964. The average Bonchev–Trinajstić information content (AvgIpc) is 3.36. The van der Waals surface area contributed by atoms with Crippen LogP contribution in [-0.2, 0) is 14.3 Å².